The van der Waals surface area contributed by atoms with E-state index in [4.69, 9.17) is 0 Å². The van der Waals surface area contributed by atoms with Gasteiger partial charge in [-0.25, -0.2) is 4.98 Å². The van der Waals surface area contributed by atoms with E-state index in [1.165, 1.54) is 0 Å². The number of nitrogens with one attached hydrogen (secondary N) is 1. The molecular weight excluding hydrogens is 214 g/mol. The number of ketones is 1. The molecule has 0 fully saturated rings. The van der Waals surface area contributed by atoms with Gasteiger partial charge in [-0.1, -0.05) is 18.2 Å². The van der Waals surface area contributed by atoms with Crippen molar-refractivity contribution in [2.75, 3.05) is 0 Å². The van der Waals surface area contributed by atoms with Crippen molar-refractivity contribution in [3.63, 3.8) is 0 Å². The summed E-state index contributed by atoms with van der Waals surface area (Å²) in [5, 5.41) is 0.931. The summed E-state index contributed by atoms with van der Waals surface area (Å²) < 4.78 is 1.73. The number of imidazole rings is 1. The highest BCUT2D eigenvalue weighted by molar-refractivity contribution is 6.14. The van der Waals surface area contributed by atoms with Crippen molar-refractivity contribution in [1.29, 1.82) is 0 Å². The fraction of sp³-hybridized carbons (Fsp3) is 0.0769. The lowest BCUT2D eigenvalue weighted by Crippen LogP contribution is -2.07. The summed E-state index contributed by atoms with van der Waals surface area (Å²) >= 11 is 0. The number of H-pyrrole nitrogens is 1. The number of carbonyl (C=O) groups is 1. The van der Waals surface area contributed by atoms with Crippen molar-refractivity contribution in [3.05, 3.63) is 54.2 Å². The largest absolute Gasteiger partial charge is 0.360 e. The Bertz CT molecular complexity index is 693. The van der Waals surface area contributed by atoms with Gasteiger partial charge in [0.25, 0.3) is 0 Å². The number of fused-ring (bicyclic) bond motifs is 1. The highest BCUT2D eigenvalue weighted by Crippen LogP contribution is 2.19. The molecule has 0 saturated heterocycles. The maximum atomic E-state index is 12.3. The van der Waals surface area contributed by atoms with Crippen molar-refractivity contribution in [2.24, 2.45) is 7.05 Å². The number of benzene rings is 1. The topological polar surface area (TPSA) is 50.7 Å². The quantitative estimate of drug-likeness (QED) is 0.679. The van der Waals surface area contributed by atoms with Crippen molar-refractivity contribution in [2.45, 2.75) is 0 Å². The Morgan fingerprint density at radius 2 is 2.18 bits per heavy atom. The van der Waals surface area contributed by atoms with Crippen LogP contribution in [-0.2, 0) is 7.05 Å². The van der Waals surface area contributed by atoms with E-state index in [0.717, 1.165) is 10.9 Å². The number of rotatable bonds is 2. The summed E-state index contributed by atoms with van der Waals surface area (Å²) in [7, 11) is 1.81. The zero-order chi connectivity index (χ0) is 11.8. The number of aryl methyl sites for hydroxylation is 1. The van der Waals surface area contributed by atoms with Crippen molar-refractivity contribution < 1.29 is 4.79 Å². The summed E-state index contributed by atoms with van der Waals surface area (Å²) in [5.41, 5.74) is 1.62. The molecule has 84 valence electrons. The number of hydrogen-bond acceptors (Lipinski definition) is 2. The molecule has 0 atom stereocenters. The first-order valence-corrected chi connectivity index (χ1v) is 5.35. The van der Waals surface area contributed by atoms with Gasteiger partial charge in [0.2, 0.25) is 5.78 Å². The summed E-state index contributed by atoms with van der Waals surface area (Å²) in [6.45, 7) is 0. The molecule has 0 radical (unpaired) electrons. The lowest BCUT2D eigenvalue weighted by atomic mass is 10.1. The maximum absolute atomic E-state index is 12.3. The molecule has 3 aromatic rings. The summed E-state index contributed by atoms with van der Waals surface area (Å²) in [5.74, 6) is 0.393. The predicted molar refractivity (Wildman–Crippen MR) is 64.9 cm³/mol. The van der Waals surface area contributed by atoms with Gasteiger partial charge in [0.05, 0.1) is 5.56 Å². The van der Waals surface area contributed by atoms with E-state index in [2.05, 4.69) is 9.97 Å². The van der Waals surface area contributed by atoms with Crippen LogP contribution in [0.3, 0.4) is 0 Å². The van der Waals surface area contributed by atoms with Gasteiger partial charge in [-0.05, 0) is 6.07 Å². The van der Waals surface area contributed by atoms with Crippen LogP contribution in [0.15, 0.2) is 42.9 Å². The van der Waals surface area contributed by atoms with E-state index in [1.807, 2.05) is 31.3 Å². The van der Waals surface area contributed by atoms with Gasteiger partial charge in [-0.3, -0.25) is 4.79 Å². The molecule has 1 aromatic carbocycles. The Morgan fingerprint density at radius 3 is 2.94 bits per heavy atom. The van der Waals surface area contributed by atoms with Gasteiger partial charge in [-0.15, -0.1) is 0 Å². The van der Waals surface area contributed by atoms with E-state index in [9.17, 15) is 4.79 Å². The van der Waals surface area contributed by atoms with Crippen LogP contribution in [0, 0.1) is 0 Å². The molecule has 0 amide bonds. The van der Waals surface area contributed by atoms with Crippen LogP contribution in [-0.4, -0.2) is 20.3 Å². The minimum absolute atomic E-state index is 0.0602. The molecule has 0 saturated carbocycles. The second kappa shape index (κ2) is 3.59. The third kappa shape index (κ3) is 1.45. The molecule has 0 aliphatic heterocycles. The Labute approximate surface area is 97.9 Å². The van der Waals surface area contributed by atoms with Crippen LogP contribution in [0.4, 0.5) is 0 Å². The molecule has 0 aliphatic rings. The molecule has 0 aliphatic carbocycles. The Morgan fingerprint density at radius 1 is 1.35 bits per heavy atom. The number of para-hydroxylation sites is 1. The van der Waals surface area contributed by atoms with Gasteiger partial charge in [0.1, 0.15) is 0 Å². The van der Waals surface area contributed by atoms with Crippen LogP contribution in [0.2, 0.25) is 0 Å². The van der Waals surface area contributed by atoms with Crippen LogP contribution in [0.5, 0.6) is 0 Å². The smallest absolute Gasteiger partial charge is 0.230 e. The third-order valence-corrected chi connectivity index (χ3v) is 2.86. The molecule has 0 spiro atoms. The van der Waals surface area contributed by atoms with Crippen LogP contribution in [0.25, 0.3) is 10.9 Å². The average Bonchev–Trinajstić information content (AvgIpc) is 2.94. The molecule has 2 heterocycles. The fourth-order valence-corrected chi connectivity index (χ4v) is 1.96. The lowest BCUT2D eigenvalue weighted by molar-refractivity contribution is 0.102. The molecule has 2 aromatic heterocycles. The highest BCUT2D eigenvalue weighted by Gasteiger charge is 2.17. The van der Waals surface area contributed by atoms with E-state index in [1.54, 1.807) is 23.2 Å². The highest BCUT2D eigenvalue weighted by atomic mass is 16.1. The van der Waals surface area contributed by atoms with Gasteiger partial charge in [0, 0.05) is 36.5 Å². The first kappa shape index (κ1) is 9.84. The van der Waals surface area contributed by atoms with E-state index in [-0.39, 0.29) is 5.78 Å². The monoisotopic (exact) mass is 225 g/mol. The van der Waals surface area contributed by atoms with Crippen LogP contribution < -0.4 is 0 Å². The second-order valence-corrected chi connectivity index (χ2v) is 3.94. The molecule has 3 rings (SSSR count). The Hall–Kier alpha value is -2.36. The van der Waals surface area contributed by atoms with Crippen molar-refractivity contribution in [3.8, 4) is 0 Å². The maximum Gasteiger partial charge on any atom is 0.230 e. The minimum Gasteiger partial charge on any atom is -0.360 e. The molecule has 1 N–H and O–H groups in total. The second-order valence-electron chi connectivity index (χ2n) is 3.94. The average molecular weight is 225 g/mol. The Kier molecular flexibility index (Phi) is 2.08. The molecule has 0 unspecified atom stereocenters. The molecule has 17 heavy (non-hydrogen) atoms. The molecule has 0 bridgehead atoms. The van der Waals surface area contributed by atoms with E-state index >= 15 is 0 Å². The number of aromatic nitrogens is 3. The third-order valence-electron chi connectivity index (χ3n) is 2.86. The number of carbonyl (C=O) groups excluding carboxylic acids is 1. The number of nitrogens with zero attached hydrogens (tertiary/aromatic N) is 2. The summed E-state index contributed by atoms with van der Waals surface area (Å²) in [6.07, 6.45) is 5.13. The molecular formula is C13H11N3O. The number of hydrogen-bond donors (Lipinski definition) is 1. The van der Waals surface area contributed by atoms with Gasteiger partial charge >= 0.3 is 0 Å². The van der Waals surface area contributed by atoms with Gasteiger partial charge in [0.15, 0.2) is 5.82 Å². The van der Waals surface area contributed by atoms with Crippen LogP contribution >= 0.6 is 0 Å². The minimum atomic E-state index is -0.0602. The molecule has 4 nitrogen and oxygen atoms in total. The summed E-state index contributed by atoms with van der Waals surface area (Å²) in [4.78, 5) is 19.5. The van der Waals surface area contributed by atoms with E-state index in [0.29, 0.717) is 11.4 Å². The van der Waals surface area contributed by atoms with Gasteiger partial charge < -0.3 is 9.55 Å². The van der Waals surface area contributed by atoms with Crippen LogP contribution in [0.1, 0.15) is 16.2 Å². The normalized spacial score (nSPS) is 10.9. The lowest BCUT2D eigenvalue weighted by Gasteiger charge is -1.99. The van der Waals surface area contributed by atoms with E-state index < -0.39 is 0 Å². The van der Waals surface area contributed by atoms with Crippen molar-refractivity contribution in [1.82, 2.24) is 14.5 Å². The zero-order valence-corrected chi connectivity index (χ0v) is 9.34. The fourth-order valence-electron chi connectivity index (χ4n) is 1.96. The zero-order valence-electron chi connectivity index (χ0n) is 9.34. The standard InChI is InChI=1S/C13H11N3O/c1-16-7-6-14-13(16)12(17)10-8-15-11-5-3-2-4-9(10)11/h2-8,15H,1H3. The first-order valence-electron chi connectivity index (χ1n) is 5.35. The SMILES string of the molecule is Cn1ccnc1C(=O)c1c[nH]c2ccccc12. The number of aromatic amines is 1. The Balaban J connectivity index is 2.17. The van der Waals surface area contributed by atoms with Gasteiger partial charge in [-0.2, -0.15) is 0 Å². The first-order chi connectivity index (χ1) is 8.27. The van der Waals surface area contributed by atoms with Crippen molar-refractivity contribution >= 4 is 16.7 Å². The molecule has 4 heteroatoms. The predicted octanol–water partition coefficient (Wildman–Crippen LogP) is 2.13. The summed E-state index contributed by atoms with van der Waals surface area (Å²) in [6, 6.07) is 7.74.